The minimum absolute atomic E-state index is 0.00127. The van der Waals surface area contributed by atoms with Gasteiger partial charge in [-0.25, -0.2) is 4.98 Å². The maximum Gasteiger partial charge on any atom is 0.265 e. The van der Waals surface area contributed by atoms with Crippen molar-refractivity contribution in [2.45, 2.75) is 25.5 Å². The smallest absolute Gasteiger partial charge is 0.265 e. The van der Waals surface area contributed by atoms with Gasteiger partial charge in [0.15, 0.2) is 0 Å². The highest BCUT2D eigenvalue weighted by atomic mass is 32.1. The number of nitrogens with zero attached hydrogens (tertiary/aromatic N) is 2. The van der Waals surface area contributed by atoms with Crippen LogP contribution in [0.3, 0.4) is 0 Å². The minimum atomic E-state index is -0.00127. The second-order valence-corrected chi connectivity index (χ2v) is 8.66. The van der Waals surface area contributed by atoms with Gasteiger partial charge < -0.3 is 14.4 Å². The molecular weight excluding hydrogens is 392 g/mol. The summed E-state index contributed by atoms with van der Waals surface area (Å²) in [5, 5.41) is 2.90. The number of methoxy groups -OCH3 is 1. The van der Waals surface area contributed by atoms with Crippen LogP contribution in [0.5, 0.6) is 5.75 Å². The van der Waals surface area contributed by atoms with Gasteiger partial charge in [-0.05, 0) is 42.0 Å². The lowest BCUT2D eigenvalue weighted by molar-refractivity contribution is 0.0510. The van der Waals surface area contributed by atoms with E-state index >= 15 is 0 Å². The first kappa shape index (κ1) is 19.1. The van der Waals surface area contributed by atoms with Gasteiger partial charge in [0.1, 0.15) is 15.6 Å². The summed E-state index contributed by atoms with van der Waals surface area (Å²) in [6, 6.07) is 11.9. The van der Waals surface area contributed by atoms with Crippen molar-refractivity contribution in [3.05, 3.63) is 58.4 Å². The third kappa shape index (κ3) is 4.43. The van der Waals surface area contributed by atoms with Crippen LogP contribution in [0.25, 0.3) is 9.88 Å². The van der Waals surface area contributed by atoms with Crippen molar-refractivity contribution in [3.8, 4) is 15.6 Å². The molecule has 146 valence electrons. The molecule has 28 heavy (non-hydrogen) atoms. The Hall–Kier alpha value is -2.22. The largest absolute Gasteiger partial charge is 0.497 e. The van der Waals surface area contributed by atoms with Gasteiger partial charge in [0.25, 0.3) is 5.91 Å². The van der Waals surface area contributed by atoms with Crippen LogP contribution in [0.4, 0.5) is 0 Å². The first-order valence-electron chi connectivity index (χ1n) is 9.26. The molecule has 1 aliphatic rings. The van der Waals surface area contributed by atoms with Crippen molar-refractivity contribution in [1.82, 2.24) is 9.88 Å². The van der Waals surface area contributed by atoms with Crippen molar-refractivity contribution in [1.29, 1.82) is 0 Å². The second-order valence-electron chi connectivity index (χ2n) is 6.68. The number of hydrogen-bond donors (Lipinski definition) is 0. The van der Waals surface area contributed by atoms with Crippen LogP contribution in [0, 0.1) is 0 Å². The molecule has 1 atom stereocenters. The van der Waals surface area contributed by atoms with Gasteiger partial charge in [0.05, 0.1) is 24.3 Å². The molecule has 1 unspecified atom stereocenters. The molecule has 0 radical (unpaired) electrons. The van der Waals surface area contributed by atoms with E-state index in [9.17, 15) is 4.79 Å². The Bertz CT molecular complexity index is 917. The maximum absolute atomic E-state index is 13.3. The highest BCUT2D eigenvalue weighted by Gasteiger charge is 2.25. The third-order valence-corrected chi connectivity index (χ3v) is 6.72. The van der Waals surface area contributed by atoms with Crippen LogP contribution in [-0.4, -0.2) is 42.2 Å². The molecule has 0 N–H and O–H groups in total. The van der Waals surface area contributed by atoms with Crippen LogP contribution in [-0.2, 0) is 11.3 Å². The molecule has 1 amide bonds. The van der Waals surface area contributed by atoms with Gasteiger partial charge >= 0.3 is 0 Å². The number of carbonyl (C=O) groups is 1. The van der Waals surface area contributed by atoms with Crippen LogP contribution >= 0.6 is 22.7 Å². The summed E-state index contributed by atoms with van der Waals surface area (Å²) in [6.45, 7) is 1.87. The highest BCUT2D eigenvalue weighted by molar-refractivity contribution is 7.21. The predicted molar refractivity (Wildman–Crippen MR) is 112 cm³/mol. The fourth-order valence-electron chi connectivity index (χ4n) is 3.29. The average Bonchev–Trinajstić information content (AvgIpc) is 3.49. The van der Waals surface area contributed by atoms with Crippen LogP contribution in [0.2, 0.25) is 0 Å². The Morgan fingerprint density at radius 1 is 1.36 bits per heavy atom. The lowest BCUT2D eigenvalue weighted by atomic mass is 10.1. The van der Waals surface area contributed by atoms with Crippen LogP contribution < -0.4 is 4.74 Å². The Labute approximate surface area is 172 Å². The zero-order chi connectivity index (χ0) is 19.3. The van der Waals surface area contributed by atoms with E-state index in [4.69, 9.17) is 9.47 Å². The van der Waals surface area contributed by atoms with E-state index in [1.807, 2.05) is 46.7 Å². The second kappa shape index (κ2) is 8.86. The molecule has 5 nitrogen and oxygen atoms in total. The SMILES string of the molecule is COc1cccc(CN(CC2CCCO2)C(=O)c2cnc(-c3cccs3)s2)c1. The number of hydrogen-bond acceptors (Lipinski definition) is 6. The average molecular weight is 415 g/mol. The number of rotatable bonds is 7. The number of thiazole rings is 1. The molecule has 1 aliphatic heterocycles. The van der Waals surface area contributed by atoms with Crippen LogP contribution in [0.1, 0.15) is 28.1 Å². The fourth-order valence-corrected chi connectivity index (χ4v) is 4.98. The van der Waals surface area contributed by atoms with Gasteiger partial charge in [-0.3, -0.25) is 4.79 Å². The Kier molecular flexibility index (Phi) is 6.04. The topological polar surface area (TPSA) is 51.7 Å². The number of thiophene rings is 1. The van der Waals surface area contributed by atoms with Gasteiger partial charge in [-0.2, -0.15) is 0 Å². The van der Waals surface area contributed by atoms with Crippen molar-refractivity contribution < 1.29 is 14.3 Å². The molecule has 0 bridgehead atoms. The monoisotopic (exact) mass is 414 g/mol. The Morgan fingerprint density at radius 3 is 3.04 bits per heavy atom. The van der Waals surface area contributed by atoms with E-state index in [1.54, 1.807) is 24.6 Å². The quantitative estimate of drug-likeness (QED) is 0.562. The zero-order valence-electron chi connectivity index (χ0n) is 15.7. The van der Waals surface area contributed by atoms with Crippen molar-refractivity contribution in [2.24, 2.45) is 0 Å². The molecule has 1 fully saturated rings. The number of benzene rings is 1. The first-order valence-corrected chi connectivity index (χ1v) is 11.0. The maximum atomic E-state index is 13.3. The number of aromatic nitrogens is 1. The summed E-state index contributed by atoms with van der Waals surface area (Å²) >= 11 is 3.08. The Morgan fingerprint density at radius 2 is 2.29 bits per heavy atom. The molecule has 2 aromatic heterocycles. The van der Waals surface area contributed by atoms with Crippen LogP contribution in [0.15, 0.2) is 48.0 Å². The number of carbonyl (C=O) groups excluding carboxylic acids is 1. The summed E-state index contributed by atoms with van der Waals surface area (Å²) < 4.78 is 11.1. The first-order chi connectivity index (χ1) is 13.7. The van der Waals surface area contributed by atoms with E-state index in [1.165, 1.54) is 11.3 Å². The molecular formula is C21H22N2O3S2. The van der Waals surface area contributed by atoms with E-state index in [-0.39, 0.29) is 12.0 Å². The number of ether oxygens (including phenoxy) is 2. The minimum Gasteiger partial charge on any atom is -0.497 e. The van der Waals surface area contributed by atoms with Gasteiger partial charge in [-0.1, -0.05) is 18.2 Å². The van der Waals surface area contributed by atoms with E-state index in [0.29, 0.717) is 18.0 Å². The summed E-state index contributed by atoms with van der Waals surface area (Å²) in [5.74, 6) is 0.790. The molecule has 0 saturated carbocycles. The van der Waals surface area contributed by atoms with Gasteiger partial charge in [0.2, 0.25) is 0 Å². The summed E-state index contributed by atoms with van der Waals surface area (Å²) in [4.78, 5) is 21.4. The normalized spacial score (nSPS) is 16.2. The molecule has 0 spiro atoms. The summed E-state index contributed by atoms with van der Waals surface area (Å²) in [6.07, 6.45) is 3.83. The van der Waals surface area contributed by atoms with Crippen molar-refractivity contribution in [2.75, 3.05) is 20.3 Å². The molecule has 1 saturated heterocycles. The molecule has 4 rings (SSSR count). The summed E-state index contributed by atoms with van der Waals surface area (Å²) in [7, 11) is 1.65. The Balaban J connectivity index is 1.55. The highest BCUT2D eigenvalue weighted by Crippen LogP contribution is 2.30. The zero-order valence-corrected chi connectivity index (χ0v) is 17.3. The number of amides is 1. The van der Waals surface area contributed by atoms with E-state index in [0.717, 1.165) is 40.6 Å². The standard InChI is InChI=1S/C21H22N2O3S2/c1-25-16-6-2-5-15(11-16)13-23(14-17-7-3-9-26-17)21(24)19-12-22-20(28-19)18-8-4-10-27-18/h2,4-6,8,10-12,17H,3,7,9,13-14H2,1H3. The lowest BCUT2D eigenvalue weighted by Gasteiger charge is -2.25. The van der Waals surface area contributed by atoms with Gasteiger partial charge in [0, 0.05) is 19.7 Å². The van der Waals surface area contributed by atoms with Gasteiger partial charge in [-0.15, -0.1) is 22.7 Å². The van der Waals surface area contributed by atoms with E-state index < -0.39 is 0 Å². The molecule has 1 aromatic carbocycles. The predicted octanol–water partition coefficient (Wildman–Crippen LogP) is 4.70. The third-order valence-electron chi connectivity index (χ3n) is 4.69. The lowest BCUT2D eigenvalue weighted by Crippen LogP contribution is -2.36. The van der Waals surface area contributed by atoms with E-state index in [2.05, 4.69) is 4.98 Å². The summed E-state index contributed by atoms with van der Waals surface area (Å²) in [5.41, 5.74) is 1.04. The van der Waals surface area contributed by atoms with Crippen molar-refractivity contribution in [3.63, 3.8) is 0 Å². The van der Waals surface area contributed by atoms with Crippen molar-refractivity contribution >= 4 is 28.6 Å². The fraction of sp³-hybridized carbons (Fsp3) is 0.333. The molecule has 0 aliphatic carbocycles. The molecule has 3 aromatic rings. The molecule has 3 heterocycles. The molecule has 7 heteroatoms.